The lowest BCUT2D eigenvalue weighted by atomic mass is 10.1. The highest BCUT2D eigenvalue weighted by atomic mass is 16.5. The monoisotopic (exact) mass is 398 g/mol. The molecule has 3 amide bonds. The summed E-state index contributed by atoms with van der Waals surface area (Å²) in [6.45, 7) is 1.36. The van der Waals surface area contributed by atoms with Crippen molar-refractivity contribution in [3.63, 3.8) is 0 Å². The lowest BCUT2D eigenvalue weighted by molar-refractivity contribution is -0.149. The Morgan fingerprint density at radius 2 is 1.69 bits per heavy atom. The molecule has 8 heteroatoms. The van der Waals surface area contributed by atoms with Crippen LogP contribution in [0.1, 0.15) is 12.5 Å². The minimum absolute atomic E-state index is 0.461. The molecule has 0 fully saturated rings. The first-order chi connectivity index (χ1) is 13.9. The normalized spacial score (nSPS) is 11.4. The molecule has 29 heavy (non-hydrogen) atoms. The number of rotatable bonds is 7. The van der Waals surface area contributed by atoms with Gasteiger partial charge in [0.15, 0.2) is 17.6 Å². The van der Waals surface area contributed by atoms with Gasteiger partial charge in [0.25, 0.3) is 5.91 Å². The number of methoxy groups -OCH3 is 2. The number of benzene rings is 2. The van der Waals surface area contributed by atoms with E-state index in [9.17, 15) is 14.4 Å². The topological polar surface area (TPSA) is 103 Å². The number of urea groups is 1. The molecule has 2 aromatic rings. The fourth-order valence-electron chi connectivity index (χ4n) is 2.37. The smallest absolute Gasteiger partial charge is 0.331 e. The fourth-order valence-corrected chi connectivity index (χ4v) is 2.37. The van der Waals surface area contributed by atoms with Crippen LogP contribution in [0.3, 0.4) is 0 Å². The number of anilines is 1. The summed E-state index contributed by atoms with van der Waals surface area (Å²) in [5.74, 6) is -0.525. The molecule has 2 rings (SSSR count). The molecule has 8 nitrogen and oxygen atoms in total. The van der Waals surface area contributed by atoms with Gasteiger partial charge in [-0.25, -0.2) is 9.59 Å². The predicted molar refractivity (Wildman–Crippen MR) is 108 cm³/mol. The molecule has 0 spiro atoms. The van der Waals surface area contributed by atoms with Gasteiger partial charge in [0.1, 0.15) is 0 Å². The number of esters is 1. The molecule has 0 aliphatic rings. The van der Waals surface area contributed by atoms with Gasteiger partial charge in [0.05, 0.1) is 14.2 Å². The number of nitrogens with one attached hydrogen (secondary N) is 2. The summed E-state index contributed by atoms with van der Waals surface area (Å²) < 4.78 is 15.5. The Bertz CT molecular complexity index is 895. The summed E-state index contributed by atoms with van der Waals surface area (Å²) in [6.07, 6.45) is 1.47. The fraction of sp³-hybridized carbons (Fsp3) is 0.190. The molecule has 0 aliphatic heterocycles. The van der Waals surface area contributed by atoms with Crippen LogP contribution in [-0.2, 0) is 14.3 Å². The predicted octanol–water partition coefficient (Wildman–Crippen LogP) is 3.00. The van der Waals surface area contributed by atoms with Crippen molar-refractivity contribution in [1.82, 2.24) is 5.32 Å². The highest BCUT2D eigenvalue weighted by Crippen LogP contribution is 2.31. The van der Waals surface area contributed by atoms with Crippen molar-refractivity contribution >= 4 is 29.7 Å². The molecule has 0 aromatic heterocycles. The van der Waals surface area contributed by atoms with Gasteiger partial charge >= 0.3 is 12.0 Å². The van der Waals surface area contributed by atoms with E-state index in [1.807, 2.05) is 0 Å². The molecule has 0 aliphatic carbocycles. The van der Waals surface area contributed by atoms with Gasteiger partial charge in [0, 0.05) is 17.3 Å². The van der Waals surface area contributed by atoms with E-state index in [1.165, 1.54) is 27.2 Å². The first-order valence-electron chi connectivity index (χ1n) is 8.71. The van der Waals surface area contributed by atoms with E-state index < -0.39 is 24.0 Å². The third-order valence-electron chi connectivity index (χ3n) is 3.76. The van der Waals surface area contributed by atoms with E-state index in [2.05, 4.69) is 10.6 Å². The first kappa shape index (κ1) is 21.5. The maximum atomic E-state index is 12.0. The largest absolute Gasteiger partial charge is 0.493 e. The molecule has 0 bridgehead atoms. The highest BCUT2D eigenvalue weighted by Gasteiger charge is 2.19. The summed E-state index contributed by atoms with van der Waals surface area (Å²) in [5.41, 5.74) is 1.13. The van der Waals surface area contributed by atoms with Gasteiger partial charge in [-0.15, -0.1) is 0 Å². The number of imide groups is 1. The van der Waals surface area contributed by atoms with Crippen LogP contribution >= 0.6 is 0 Å². The van der Waals surface area contributed by atoms with Gasteiger partial charge < -0.3 is 19.5 Å². The van der Waals surface area contributed by atoms with Crippen LogP contribution in [0.4, 0.5) is 10.5 Å². The molecule has 1 atom stereocenters. The van der Waals surface area contributed by atoms with E-state index in [1.54, 1.807) is 48.5 Å². The molecule has 152 valence electrons. The number of carbonyl (C=O) groups excluding carboxylic acids is 3. The van der Waals surface area contributed by atoms with Gasteiger partial charge in [-0.05, 0) is 31.2 Å². The zero-order chi connectivity index (χ0) is 21.2. The van der Waals surface area contributed by atoms with Crippen LogP contribution in [0.5, 0.6) is 11.5 Å². The second kappa shape index (κ2) is 10.5. The van der Waals surface area contributed by atoms with Gasteiger partial charge in [-0.1, -0.05) is 30.3 Å². The molecule has 0 saturated carbocycles. The maximum absolute atomic E-state index is 12.0. The second-order valence-corrected chi connectivity index (χ2v) is 5.80. The van der Waals surface area contributed by atoms with Gasteiger partial charge in [-0.3, -0.25) is 10.1 Å². The Balaban J connectivity index is 1.90. The molecular weight excluding hydrogens is 376 g/mol. The summed E-state index contributed by atoms with van der Waals surface area (Å²) in [6, 6.07) is 13.1. The van der Waals surface area contributed by atoms with Crippen LogP contribution in [0, 0.1) is 0 Å². The summed E-state index contributed by atoms with van der Waals surface area (Å²) >= 11 is 0. The Labute approximate surface area is 168 Å². The average molecular weight is 398 g/mol. The van der Waals surface area contributed by atoms with Crippen molar-refractivity contribution in [2.24, 2.45) is 0 Å². The summed E-state index contributed by atoms with van der Waals surface area (Å²) in [4.78, 5) is 35.9. The number of carbonyl (C=O) groups is 3. The molecule has 2 aromatic carbocycles. The Morgan fingerprint density at radius 1 is 0.966 bits per heavy atom. The molecule has 0 saturated heterocycles. The average Bonchev–Trinajstić information content (AvgIpc) is 2.72. The number of hydrogen-bond acceptors (Lipinski definition) is 6. The van der Waals surface area contributed by atoms with Crippen LogP contribution in [0.2, 0.25) is 0 Å². The zero-order valence-corrected chi connectivity index (χ0v) is 16.3. The van der Waals surface area contributed by atoms with Crippen molar-refractivity contribution in [2.45, 2.75) is 13.0 Å². The Morgan fingerprint density at radius 3 is 2.34 bits per heavy atom. The van der Waals surface area contributed by atoms with Crippen molar-refractivity contribution < 1.29 is 28.6 Å². The first-order valence-corrected chi connectivity index (χ1v) is 8.71. The standard InChI is InChI=1S/C21H22N2O6/c1-14(20(25)23-21(26)22-16-9-5-4-6-10-16)29-18(24)13-12-15-8-7-11-17(27-2)19(15)28-3/h4-14H,1-3H3,(H2,22,23,25,26)/b13-12+. The number of hydrogen-bond donors (Lipinski definition) is 2. The maximum Gasteiger partial charge on any atom is 0.331 e. The lowest BCUT2D eigenvalue weighted by Crippen LogP contribution is -2.41. The van der Waals surface area contributed by atoms with E-state index in [0.29, 0.717) is 22.7 Å². The van der Waals surface area contributed by atoms with Gasteiger partial charge in [0.2, 0.25) is 0 Å². The molecule has 0 radical (unpaired) electrons. The van der Waals surface area contributed by atoms with Crippen molar-refractivity contribution in [3.8, 4) is 11.5 Å². The molecule has 0 heterocycles. The number of amides is 3. The summed E-state index contributed by atoms with van der Waals surface area (Å²) in [5, 5.41) is 4.61. The van der Waals surface area contributed by atoms with Crippen LogP contribution in [0.25, 0.3) is 6.08 Å². The zero-order valence-electron chi connectivity index (χ0n) is 16.3. The third-order valence-corrected chi connectivity index (χ3v) is 3.76. The minimum Gasteiger partial charge on any atom is -0.493 e. The molecule has 2 N–H and O–H groups in total. The van der Waals surface area contributed by atoms with Crippen molar-refractivity contribution in [1.29, 1.82) is 0 Å². The van der Waals surface area contributed by atoms with E-state index >= 15 is 0 Å². The Hall–Kier alpha value is -3.81. The number of para-hydroxylation sites is 2. The van der Waals surface area contributed by atoms with Crippen LogP contribution in [0.15, 0.2) is 54.6 Å². The van der Waals surface area contributed by atoms with E-state index in [4.69, 9.17) is 14.2 Å². The minimum atomic E-state index is -1.17. The quantitative estimate of drug-likeness (QED) is 0.549. The third kappa shape index (κ3) is 6.39. The molecule has 1 unspecified atom stereocenters. The van der Waals surface area contributed by atoms with Gasteiger partial charge in [-0.2, -0.15) is 0 Å². The Kier molecular flexibility index (Phi) is 7.78. The van der Waals surface area contributed by atoms with Crippen LogP contribution < -0.4 is 20.1 Å². The second-order valence-electron chi connectivity index (χ2n) is 5.80. The van der Waals surface area contributed by atoms with E-state index in [-0.39, 0.29) is 0 Å². The summed E-state index contributed by atoms with van der Waals surface area (Å²) in [7, 11) is 2.99. The lowest BCUT2D eigenvalue weighted by Gasteiger charge is -2.12. The SMILES string of the molecule is COc1cccc(/C=C/C(=O)OC(C)C(=O)NC(=O)Nc2ccccc2)c1OC. The van der Waals surface area contributed by atoms with Crippen molar-refractivity contribution in [2.75, 3.05) is 19.5 Å². The molecular formula is C21H22N2O6. The number of ether oxygens (including phenoxy) is 3. The van der Waals surface area contributed by atoms with Crippen LogP contribution in [-0.4, -0.2) is 38.2 Å². The highest BCUT2D eigenvalue weighted by molar-refractivity contribution is 6.03. The van der Waals surface area contributed by atoms with Crippen molar-refractivity contribution in [3.05, 3.63) is 60.2 Å². The van der Waals surface area contributed by atoms with E-state index in [0.717, 1.165) is 6.08 Å².